The number of hydrogen-bond donors (Lipinski definition) is 2. The smallest absolute Gasteiger partial charge is 0.229 e. The molecule has 2 rings (SSSR count). The maximum absolute atomic E-state index is 12.8. The molecule has 1 unspecified atom stereocenters. The fourth-order valence-corrected chi connectivity index (χ4v) is 1.93. The third-order valence-electron chi connectivity index (χ3n) is 2.66. The van der Waals surface area contributed by atoms with Crippen LogP contribution < -0.4 is 10.6 Å². The molecule has 5 nitrogen and oxygen atoms in total. The van der Waals surface area contributed by atoms with Crippen LogP contribution in [0.25, 0.3) is 0 Å². The van der Waals surface area contributed by atoms with Gasteiger partial charge in [-0.15, -0.1) is 0 Å². The van der Waals surface area contributed by atoms with E-state index in [0.717, 1.165) is 12.0 Å². The topological polar surface area (TPSA) is 62.7 Å². The van der Waals surface area contributed by atoms with Crippen molar-refractivity contribution in [3.63, 3.8) is 0 Å². The van der Waals surface area contributed by atoms with Crippen molar-refractivity contribution in [3.05, 3.63) is 40.9 Å². The summed E-state index contributed by atoms with van der Waals surface area (Å²) in [7, 11) is 1.71. The average Bonchev–Trinajstić information content (AvgIpc) is 2.40. The molecule has 0 aliphatic heterocycles. The van der Waals surface area contributed by atoms with Gasteiger partial charge in [-0.05, 0) is 42.6 Å². The molecule has 2 aromatic rings. The Hall–Kier alpha value is -1.95. The summed E-state index contributed by atoms with van der Waals surface area (Å²) in [5.74, 6) is 0.572. The van der Waals surface area contributed by atoms with Gasteiger partial charge in [-0.3, -0.25) is 0 Å². The van der Waals surface area contributed by atoms with Crippen molar-refractivity contribution < 1.29 is 4.39 Å². The zero-order valence-electron chi connectivity index (χ0n) is 11.2. The van der Waals surface area contributed by atoms with E-state index in [2.05, 4.69) is 25.6 Å². The molecule has 0 fully saturated rings. The van der Waals surface area contributed by atoms with Crippen LogP contribution in [-0.2, 0) is 6.42 Å². The standard InChI is InChI=1S/C13H15ClFN5/c1-8(7-9-3-5-10(15)6-4-9)17-13-19-11(14)18-12(16-2)20-13/h3-6,8H,7H2,1-2H3,(H2,16,17,18,19,20). The summed E-state index contributed by atoms with van der Waals surface area (Å²) in [5.41, 5.74) is 1.03. The van der Waals surface area contributed by atoms with Crippen molar-refractivity contribution in [1.82, 2.24) is 15.0 Å². The van der Waals surface area contributed by atoms with Crippen LogP contribution in [0.2, 0.25) is 5.28 Å². The first-order valence-electron chi connectivity index (χ1n) is 6.17. The molecule has 0 bridgehead atoms. The van der Waals surface area contributed by atoms with Gasteiger partial charge >= 0.3 is 0 Å². The third kappa shape index (κ3) is 4.03. The highest BCUT2D eigenvalue weighted by molar-refractivity contribution is 6.28. The molecular formula is C13H15ClFN5. The van der Waals surface area contributed by atoms with E-state index < -0.39 is 0 Å². The van der Waals surface area contributed by atoms with Gasteiger partial charge in [-0.1, -0.05) is 12.1 Å². The molecule has 1 aromatic heterocycles. The Bertz CT molecular complexity index is 575. The molecule has 20 heavy (non-hydrogen) atoms. The van der Waals surface area contributed by atoms with Crippen molar-refractivity contribution in [2.45, 2.75) is 19.4 Å². The molecule has 0 saturated heterocycles. The van der Waals surface area contributed by atoms with Crippen LogP contribution in [0, 0.1) is 5.82 Å². The molecule has 1 atom stereocenters. The number of nitrogens with one attached hydrogen (secondary N) is 2. The van der Waals surface area contributed by atoms with E-state index in [9.17, 15) is 4.39 Å². The van der Waals surface area contributed by atoms with Crippen molar-refractivity contribution in [2.75, 3.05) is 17.7 Å². The Morgan fingerprint density at radius 2 is 1.80 bits per heavy atom. The van der Waals surface area contributed by atoms with Crippen molar-refractivity contribution >= 4 is 23.5 Å². The minimum absolute atomic E-state index is 0.0728. The lowest BCUT2D eigenvalue weighted by Gasteiger charge is -2.14. The van der Waals surface area contributed by atoms with E-state index in [1.165, 1.54) is 12.1 Å². The number of halogens is 2. The number of hydrogen-bond acceptors (Lipinski definition) is 5. The van der Waals surface area contributed by atoms with Gasteiger partial charge in [-0.2, -0.15) is 15.0 Å². The Morgan fingerprint density at radius 1 is 1.15 bits per heavy atom. The Labute approximate surface area is 121 Å². The highest BCUT2D eigenvalue weighted by atomic mass is 35.5. The quantitative estimate of drug-likeness (QED) is 0.888. The second kappa shape index (κ2) is 6.47. The Balaban J connectivity index is 2.02. The Kier molecular flexibility index (Phi) is 4.68. The van der Waals surface area contributed by atoms with Crippen LogP contribution in [-0.4, -0.2) is 28.0 Å². The molecule has 1 aromatic carbocycles. The maximum Gasteiger partial charge on any atom is 0.229 e. The SMILES string of the molecule is CNc1nc(Cl)nc(NC(C)Cc2ccc(F)cc2)n1. The highest BCUT2D eigenvalue weighted by Gasteiger charge is 2.08. The largest absolute Gasteiger partial charge is 0.357 e. The van der Waals surface area contributed by atoms with Crippen LogP contribution >= 0.6 is 11.6 Å². The van der Waals surface area contributed by atoms with Crippen molar-refractivity contribution in [1.29, 1.82) is 0 Å². The van der Waals surface area contributed by atoms with Crippen LogP contribution in [0.5, 0.6) is 0 Å². The van der Waals surface area contributed by atoms with Crippen molar-refractivity contribution in [3.8, 4) is 0 Å². The highest BCUT2D eigenvalue weighted by Crippen LogP contribution is 2.12. The van der Waals surface area contributed by atoms with Gasteiger partial charge in [0.15, 0.2) is 0 Å². The molecule has 0 amide bonds. The van der Waals surface area contributed by atoms with Crippen LogP contribution in [0.3, 0.4) is 0 Å². The van der Waals surface area contributed by atoms with Gasteiger partial charge in [0, 0.05) is 13.1 Å². The fraction of sp³-hybridized carbons (Fsp3) is 0.308. The van der Waals surface area contributed by atoms with Crippen LogP contribution in [0.4, 0.5) is 16.3 Å². The minimum atomic E-state index is -0.239. The predicted molar refractivity (Wildman–Crippen MR) is 77.6 cm³/mol. The molecule has 0 aliphatic carbocycles. The van der Waals surface area contributed by atoms with E-state index >= 15 is 0 Å². The zero-order chi connectivity index (χ0) is 14.5. The summed E-state index contributed by atoms with van der Waals surface area (Å²) >= 11 is 5.81. The van der Waals surface area contributed by atoms with E-state index in [4.69, 9.17) is 11.6 Å². The number of aromatic nitrogens is 3. The summed E-state index contributed by atoms with van der Waals surface area (Å²) < 4.78 is 12.8. The first kappa shape index (κ1) is 14.5. The van der Waals surface area contributed by atoms with E-state index in [1.807, 2.05) is 6.92 Å². The number of nitrogens with zero attached hydrogens (tertiary/aromatic N) is 3. The molecule has 0 spiro atoms. The summed E-state index contributed by atoms with van der Waals surface area (Å²) in [6, 6.07) is 6.48. The molecule has 0 aliphatic rings. The fourth-order valence-electron chi connectivity index (χ4n) is 1.77. The lowest BCUT2D eigenvalue weighted by atomic mass is 10.1. The van der Waals surface area contributed by atoms with E-state index in [0.29, 0.717) is 11.9 Å². The summed E-state index contributed by atoms with van der Waals surface area (Å²) in [5, 5.41) is 6.07. The van der Waals surface area contributed by atoms with Gasteiger partial charge in [0.1, 0.15) is 5.82 Å². The summed E-state index contributed by atoms with van der Waals surface area (Å²) in [6.45, 7) is 1.99. The maximum atomic E-state index is 12.8. The molecule has 2 N–H and O–H groups in total. The second-order valence-electron chi connectivity index (χ2n) is 4.38. The lowest BCUT2D eigenvalue weighted by Crippen LogP contribution is -2.20. The predicted octanol–water partition coefficient (Wildman–Crippen LogP) is 2.75. The molecule has 0 saturated carbocycles. The first-order valence-corrected chi connectivity index (χ1v) is 6.55. The zero-order valence-corrected chi connectivity index (χ0v) is 11.9. The second-order valence-corrected chi connectivity index (χ2v) is 4.72. The summed E-state index contributed by atoms with van der Waals surface area (Å²) in [6.07, 6.45) is 0.721. The molecule has 0 radical (unpaired) electrons. The van der Waals surface area contributed by atoms with Gasteiger partial charge in [0.05, 0.1) is 0 Å². The van der Waals surface area contributed by atoms with Gasteiger partial charge in [0.2, 0.25) is 17.2 Å². The average molecular weight is 296 g/mol. The van der Waals surface area contributed by atoms with Crippen molar-refractivity contribution in [2.24, 2.45) is 0 Å². The molecule has 106 valence electrons. The van der Waals surface area contributed by atoms with Gasteiger partial charge in [0.25, 0.3) is 0 Å². The number of benzene rings is 1. The molecule has 7 heteroatoms. The minimum Gasteiger partial charge on any atom is -0.357 e. The van der Waals surface area contributed by atoms with E-state index in [-0.39, 0.29) is 17.1 Å². The number of anilines is 2. The number of rotatable bonds is 5. The van der Waals surface area contributed by atoms with E-state index in [1.54, 1.807) is 19.2 Å². The van der Waals surface area contributed by atoms with Crippen LogP contribution in [0.15, 0.2) is 24.3 Å². The van der Waals surface area contributed by atoms with Gasteiger partial charge < -0.3 is 10.6 Å². The normalized spacial score (nSPS) is 12.0. The first-order chi connectivity index (χ1) is 9.56. The monoisotopic (exact) mass is 295 g/mol. The van der Waals surface area contributed by atoms with Crippen LogP contribution in [0.1, 0.15) is 12.5 Å². The van der Waals surface area contributed by atoms with Gasteiger partial charge in [-0.25, -0.2) is 4.39 Å². The molecule has 1 heterocycles. The third-order valence-corrected chi connectivity index (χ3v) is 2.83. The summed E-state index contributed by atoms with van der Waals surface area (Å²) in [4.78, 5) is 12.1. The lowest BCUT2D eigenvalue weighted by molar-refractivity contribution is 0.626. The molecular weight excluding hydrogens is 281 g/mol. The Morgan fingerprint density at radius 3 is 2.45 bits per heavy atom.